The van der Waals surface area contributed by atoms with Gasteiger partial charge < -0.3 is 29.5 Å². The van der Waals surface area contributed by atoms with Crippen LogP contribution in [0.5, 0.6) is 11.5 Å². The van der Waals surface area contributed by atoms with E-state index in [0.29, 0.717) is 35.4 Å². The Morgan fingerprint density at radius 1 is 1.08 bits per heavy atom. The molecule has 5 rings (SSSR count). The average Bonchev–Trinajstić information content (AvgIpc) is 3.36. The Bertz CT molecular complexity index is 1270. The van der Waals surface area contributed by atoms with Crippen LogP contribution in [0.25, 0.3) is 10.9 Å². The summed E-state index contributed by atoms with van der Waals surface area (Å²) in [6, 6.07) is 8.99. The Hall–Kier alpha value is -2.72. The summed E-state index contributed by atoms with van der Waals surface area (Å²) in [5.74, 6) is 1.51. The van der Waals surface area contributed by atoms with E-state index in [1.165, 1.54) is 18.8 Å². The van der Waals surface area contributed by atoms with Gasteiger partial charge in [0.2, 0.25) is 0 Å². The minimum absolute atomic E-state index is 0.0439. The van der Waals surface area contributed by atoms with Crippen molar-refractivity contribution in [2.75, 3.05) is 65.8 Å². The minimum Gasteiger partial charge on any atom is -0.493 e. The highest BCUT2D eigenvalue weighted by atomic mass is 35.5. The zero-order chi connectivity index (χ0) is 27.4. The van der Waals surface area contributed by atoms with Gasteiger partial charge in [0, 0.05) is 50.0 Å². The number of ether oxygens (including phenoxy) is 2. The molecule has 10 heteroatoms. The molecule has 2 aliphatic heterocycles. The van der Waals surface area contributed by atoms with Gasteiger partial charge in [0.25, 0.3) is 0 Å². The normalized spacial score (nSPS) is 19.2. The van der Waals surface area contributed by atoms with E-state index in [2.05, 4.69) is 51.1 Å². The maximum absolute atomic E-state index is 13.7. The van der Waals surface area contributed by atoms with Crippen molar-refractivity contribution in [3.05, 3.63) is 47.5 Å². The number of fused-ring (bicyclic) bond motifs is 1. The van der Waals surface area contributed by atoms with Gasteiger partial charge in [0.05, 0.1) is 22.5 Å². The van der Waals surface area contributed by atoms with Gasteiger partial charge in [-0.3, -0.25) is 0 Å². The maximum atomic E-state index is 13.7. The Labute approximate surface area is 235 Å². The molecular formula is C29H38ClFN6O2. The highest BCUT2D eigenvalue weighted by Crippen LogP contribution is 2.37. The number of halogens is 2. The van der Waals surface area contributed by atoms with Crippen molar-refractivity contribution in [3.63, 3.8) is 0 Å². The van der Waals surface area contributed by atoms with Crippen LogP contribution >= 0.6 is 11.6 Å². The molecular weight excluding hydrogens is 519 g/mol. The number of anilines is 2. The summed E-state index contributed by atoms with van der Waals surface area (Å²) in [6.45, 7) is 5.85. The number of likely N-dealkylation sites (tertiary alicyclic amines) is 2. The van der Waals surface area contributed by atoms with E-state index >= 15 is 0 Å². The van der Waals surface area contributed by atoms with Gasteiger partial charge >= 0.3 is 0 Å². The van der Waals surface area contributed by atoms with Gasteiger partial charge in [-0.2, -0.15) is 0 Å². The van der Waals surface area contributed by atoms with Gasteiger partial charge in [0.15, 0.2) is 0 Å². The summed E-state index contributed by atoms with van der Waals surface area (Å²) in [7, 11) is 6.51. The van der Waals surface area contributed by atoms with Crippen LogP contribution in [0.2, 0.25) is 5.02 Å². The quantitative estimate of drug-likeness (QED) is 0.348. The number of rotatable bonds is 10. The van der Waals surface area contributed by atoms with Crippen LogP contribution in [-0.4, -0.2) is 97.3 Å². The molecule has 0 bridgehead atoms. The second-order valence-corrected chi connectivity index (χ2v) is 11.2. The van der Waals surface area contributed by atoms with Crippen LogP contribution in [0, 0.1) is 5.82 Å². The third-order valence-corrected chi connectivity index (χ3v) is 8.02. The second-order valence-electron chi connectivity index (χ2n) is 10.8. The minimum atomic E-state index is -0.468. The van der Waals surface area contributed by atoms with Gasteiger partial charge in [0.1, 0.15) is 35.6 Å². The molecule has 8 nitrogen and oxygen atoms in total. The van der Waals surface area contributed by atoms with E-state index in [9.17, 15) is 4.39 Å². The smallest absolute Gasteiger partial charge is 0.145 e. The van der Waals surface area contributed by atoms with Crippen LogP contribution in [0.1, 0.15) is 25.7 Å². The van der Waals surface area contributed by atoms with E-state index in [1.807, 2.05) is 12.1 Å². The van der Waals surface area contributed by atoms with Crippen molar-refractivity contribution < 1.29 is 13.9 Å². The molecule has 1 unspecified atom stereocenters. The lowest BCUT2D eigenvalue weighted by molar-refractivity contribution is 0.115. The van der Waals surface area contributed by atoms with Crippen molar-refractivity contribution in [1.29, 1.82) is 0 Å². The SMILES string of the molecule is CN1CCC(Oc2cc(OCCCN(C)C3CCN(C)C3)cc3ncnc(Nc4ccc(F)c(Cl)c4)c23)CC1. The molecule has 1 N–H and O–H groups in total. The number of aromatic nitrogens is 2. The van der Waals surface area contributed by atoms with Crippen molar-refractivity contribution in [1.82, 2.24) is 24.7 Å². The summed E-state index contributed by atoms with van der Waals surface area (Å²) < 4.78 is 26.5. The molecule has 0 amide bonds. The molecule has 0 aliphatic carbocycles. The number of nitrogens with one attached hydrogen (secondary N) is 1. The lowest BCUT2D eigenvalue weighted by Gasteiger charge is -2.30. The zero-order valence-corrected chi connectivity index (χ0v) is 23.8. The first-order valence-corrected chi connectivity index (χ1v) is 14.1. The standard InChI is InChI=1S/C29H38ClFN6O2/c1-35-12-8-22(9-13-35)39-27-17-23(38-14-4-10-37(3)21-7-11-36(2)18-21)16-26-28(27)29(33-19-32-26)34-20-5-6-25(31)24(30)15-20/h5-6,15-17,19,21-22H,4,7-14,18H2,1-3H3,(H,32,33,34). The molecule has 0 saturated carbocycles. The largest absolute Gasteiger partial charge is 0.493 e. The number of benzene rings is 2. The fourth-order valence-electron chi connectivity index (χ4n) is 5.35. The van der Waals surface area contributed by atoms with Gasteiger partial charge in [-0.1, -0.05) is 11.6 Å². The Morgan fingerprint density at radius 2 is 1.87 bits per heavy atom. The molecule has 3 heterocycles. The van der Waals surface area contributed by atoms with Crippen LogP contribution in [0.4, 0.5) is 15.9 Å². The third kappa shape index (κ3) is 7.08. The summed E-state index contributed by atoms with van der Waals surface area (Å²) in [5.41, 5.74) is 1.34. The van der Waals surface area contributed by atoms with Crippen LogP contribution in [0.15, 0.2) is 36.7 Å². The molecule has 2 aromatic carbocycles. The number of hydrogen-bond acceptors (Lipinski definition) is 8. The van der Waals surface area contributed by atoms with Crippen LogP contribution < -0.4 is 14.8 Å². The van der Waals surface area contributed by atoms with Crippen molar-refractivity contribution in [2.45, 2.75) is 37.8 Å². The summed E-state index contributed by atoms with van der Waals surface area (Å²) in [4.78, 5) is 16.2. The van der Waals surface area contributed by atoms with Crippen molar-refractivity contribution in [2.24, 2.45) is 0 Å². The maximum Gasteiger partial charge on any atom is 0.145 e. The first kappa shape index (κ1) is 27.8. The monoisotopic (exact) mass is 556 g/mol. The molecule has 210 valence electrons. The van der Waals surface area contributed by atoms with Gasteiger partial charge in [-0.15, -0.1) is 0 Å². The summed E-state index contributed by atoms with van der Waals surface area (Å²) in [5, 5.41) is 4.08. The predicted octanol–water partition coefficient (Wildman–Crippen LogP) is 5.04. The number of hydrogen-bond donors (Lipinski definition) is 1. The number of likely N-dealkylation sites (N-methyl/N-ethyl adjacent to an activating group) is 2. The van der Waals surface area contributed by atoms with Crippen molar-refractivity contribution >= 4 is 34.0 Å². The number of nitrogens with zero attached hydrogens (tertiary/aromatic N) is 5. The highest BCUT2D eigenvalue weighted by Gasteiger charge is 2.23. The highest BCUT2D eigenvalue weighted by molar-refractivity contribution is 6.31. The fraction of sp³-hybridized carbons (Fsp3) is 0.517. The topological polar surface area (TPSA) is 66.0 Å². The molecule has 3 aromatic rings. The Morgan fingerprint density at radius 3 is 2.62 bits per heavy atom. The van der Waals surface area contributed by atoms with Crippen LogP contribution in [-0.2, 0) is 0 Å². The first-order chi connectivity index (χ1) is 18.9. The predicted molar refractivity (Wildman–Crippen MR) is 154 cm³/mol. The van der Waals surface area contributed by atoms with E-state index in [4.69, 9.17) is 21.1 Å². The van der Waals surface area contributed by atoms with Crippen molar-refractivity contribution in [3.8, 4) is 11.5 Å². The van der Waals surface area contributed by atoms with E-state index in [1.54, 1.807) is 12.1 Å². The molecule has 39 heavy (non-hydrogen) atoms. The van der Waals surface area contributed by atoms with E-state index in [0.717, 1.165) is 63.1 Å². The molecule has 2 saturated heterocycles. The van der Waals surface area contributed by atoms with E-state index in [-0.39, 0.29) is 11.1 Å². The van der Waals surface area contributed by atoms with Gasteiger partial charge in [-0.25, -0.2) is 14.4 Å². The second kappa shape index (κ2) is 12.6. The fourth-order valence-corrected chi connectivity index (χ4v) is 5.53. The molecule has 0 spiro atoms. The molecule has 0 radical (unpaired) electrons. The van der Waals surface area contributed by atoms with E-state index < -0.39 is 5.82 Å². The summed E-state index contributed by atoms with van der Waals surface area (Å²) in [6.07, 6.45) is 5.63. The number of piperidine rings is 1. The summed E-state index contributed by atoms with van der Waals surface area (Å²) >= 11 is 6.02. The molecule has 2 fully saturated rings. The average molecular weight is 557 g/mol. The lowest BCUT2D eigenvalue weighted by Crippen LogP contribution is -2.35. The first-order valence-electron chi connectivity index (χ1n) is 13.7. The molecule has 1 aromatic heterocycles. The zero-order valence-electron chi connectivity index (χ0n) is 23.0. The third-order valence-electron chi connectivity index (χ3n) is 7.73. The molecule has 2 aliphatic rings. The Kier molecular flexibility index (Phi) is 9.02. The van der Waals surface area contributed by atoms with Crippen LogP contribution in [0.3, 0.4) is 0 Å². The Balaban J connectivity index is 1.34. The lowest BCUT2D eigenvalue weighted by atomic mass is 10.1. The van der Waals surface area contributed by atoms with Gasteiger partial charge in [-0.05, 0) is 71.6 Å². The molecule has 1 atom stereocenters.